The number of rotatable bonds is 5. The van der Waals surface area contributed by atoms with Gasteiger partial charge in [0.1, 0.15) is 11.3 Å². The molecule has 1 aromatic heterocycles. The third-order valence-corrected chi connectivity index (χ3v) is 9.02. The highest BCUT2D eigenvalue weighted by Crippen LogP contribution is 2.50. The molecule has 0 bridgehead atoms. The summed E-state index contributed by atoms with van der Waals surface area (Å²) in [6, 6.07) is 13.9. The van der Waals surface area contributed by atoms with Crippen LogP contribution in [0, 0.1) is 12.7 Å². The molecule has 3 unspecified atom stereocenters. The zero-order valence-corrected chi connectivity index (χ0v) is 22.6. The van der Waals surface area contributed by atoms with Gasteiger partial charge in [0.2, 0.25) is 0 Å². The van der Waals surface area contributed by atoms with Crippen molar-refractivity contribution in [2.45, 2.75) is 37.4 Å². The first-order valence-electron chi connectivity index (χ1n) is 13.1. The molecule has 1 aliphatic carbocycles. The normalized spacial score (nSPS) is 22.4. The van der Waals surface area contributed by atoms with Gasteiger partial charge < -0.3 is 32.0 Å². The fourth-order valence-corrected chi connectivity index (χ4v) is 6.92. The fourth-order valence-electron chi connectivity index (χ4n) is 5.71. The Labute approximate surface area is 234 Å². The maximum atomic E-state index is 15.7. The summed E-state index contributed by atoms with van der Waals surface area (Å²) in [4.78, 5) is 27.8. The van der Waals surface area contributed by atoms with E-state index in [4.69, 9.17) is 26.7 Å². The minimum absolute atomic E-state index is 0.00734. The molecule has 4 aromatic rings. The van der Waals surface area contributed by atoms with Crippen molar-refractivity contribution in [3.05, 3.63) is 87.5 Å². The molecule has 2 heterocycles. The molecule has 8 nitrogen and oxygen atoms in total. The molecule has 2 aliphatic rings. The van der Waals surface area contributed by atoms with Crippen molar-refractivity contribution in [3.63, 3.8) is 0 Å². The first-order valence-corrected chi connectivity index (χ1v) is 13.9. The van der Waals surface area contributed by atoms with Gasteiger partial charge in [0.15, 0.2) is 17.3 Å². The maximum Gasteiger partial charge on any atom is 0.262 e. The van der Waals surface area contributed by atoms with E-state index in [1.165, 1.54) is 17.4 Å². The third kappa shape index (κ3) is 4.06. The van der Waals surface area contributed by atoms with E-state index < -0.39 is 23.2 Å². The lowest BCUT2D eigenvalue weighted by Crippen LogP contribution is -2.53. The summed E-state index contributed by atoms with van der Waals surface area (Å²) in [5.74, 6) is -1.04. The van der Waals surface area contributed by atoms with E-state index in [1.54, 1.807) is 49.4 Å². The van der Waals surface area contributed by atoms with Gasteiger partial charge in [-0.2, -0.15) is 0 Å². The van der Waals surface area contributed by atoms with E-state index in [-0.39, 0.29) is 28.8 Å². The number of para-hydroxylation sites is 1. The number of hydrogen-bond acceptors (Lipinski definition) is 8. The Morgan fingerprint density at radius 3 is 2.62 bits per heavy atom. The molecule has 0 radical (unpaired) electrons. The third-order valence-electron chi connectivity index (χ3n) is 7.76. The number of halogens is 1. The summed E-state index contributed by atoms with van der Waals surface area (Å²) in [7, 11) is 0. The summed E-state index contributed by atoms with van der Waals surface area (Å²) < 4.78 is 27.5. The summed E-state index contributed by atoms with van der Waals surface area (Å²) in [6.45, 7) is 2.64. The minimum Gasteiger partial charge on any atom is -0.454 e. The largest absolute Gasteiger partial charge is 0.454 e. The van der Waals surface area contributed by atoms with Crippen molar-refractivity contribution in [3.8, 4) is 11.5 Å². The van der Waals surface area contributed by atoms with Gasteiger partial charge in [-0.05, 0) is 60.7 Å². The fraction of sp³-hybridized carbons (Fsp3) is 0.267. The van der Waals surface area contributed by atoms with Crippen LogP contribution in [0.2, 0.25) is 0 Å². The molecule has 0 saturated carbocycles. The first-order chi connectivity index (χ1) is 19.2. The Bertz CT molecular complexity index is 1650. The van der Waals surface area contributed by atoms with E-state index in [9.17, 15) is 9.59 Å². The van der Waals surface area contributed by atoms with Crippen LogP contribution in [0.3, 0.4) is 0 Å². The number of benzene rings is 3. The summed E-state index contributed by atoms with van der Waals surface area (Å²) in [6.07, 6.45) is 1.64. The monoisotopic (exact) mass is 560 g/mol. The molecule has 3 atom stereocenters. The van der Waals surface area contributed by atoms with Gasteiger partial charge in [-0.1, -0.05) is 30.3 Å². The van der Waals surface area contributed by atoms with Crippen LogP contribution in [-0.2, 0) is 15.1 Å². The van der Waals surface area contributed by atoms with Crippen LogP contribution >= 0.6 is 11.3 Å². The number of thiophene rings is 1. The summed E-state index contributed by atoms with van der Waals surface area (Å²) in [5.41, 5.74) is 19.8. The van der Waals surface area contributed by atoms with Crippen LogP contribution in [0.5, 0.6) is 11.5 Å². The highest BCUT2D eigenvalue weighted by Gasteiger charge is 2.49. The van der Waals surface area contributed by atoms with Crippen LogP contribution in [0.4, 0.5) is 10.1 Å². The van der Waals surface area contributed by atoms with E-state index in [0.29, 0.717) is 50.7 Å². The second-order valence-electron chi connectivity index (χ2n) is 10.3. The Hall–Kier alpha value is -3.83. The molecule has 206 valence electrons. The van der Waals surface area contributed by atoms with Crippen molar-refractivity contribution in [1.82, 2.24) is 5.32 Å². The van der Waals surface area contributed by atoms with Crippen LogP contribution < -0.4 is 27.3 Å². The van der Waals surface area contributed by atoms with Crippen molar-refractivity contribution in [2.24, 2.45) is 11.5 Å². The highest BCUT2D eigenvalue weighted by molar-refractivity contribution is 7.21. The van der Waals surface area contributed by atoms with Gasteiger partial charge in [0.25, 0.3) is 5.91 Å². The number of ketones is 1. The van der Waals surface area contributed by atoms with Gasteiger partial charge in [-0.3, -0.25) is 9.59 Å². The van der Waals surface area contributed by atoms with Crippen LogP contribution in [0.1, 0.15) is 50.8 Å². The van der Waals surface area contributed by atoms with E-state index in [2.05, 4.69) is 5.32 Å². The van der Waals surface area contributed by atoms with E-state index >= 15 is 4.39 Å². The molecule has 1 amide bonds. The average molecular weight is 561 g/mol. The van der Waals surface area contributed by atoms with E-state index in [0.717, 1.165) is 12.8 Å². The number of anilines is 1. The second kappa shape index (κ2) is 9.97. The zero-order valence-electron chi connectivity index (χ0n) is 21.8. The van der Waals surface area contributed by atoms with Gasteiger partial charge in [-0.25, -0.2) is 4.39 Å². The van der Waals surface area contributed by atoms with Gasteiger partial charge in [0.05, 0.1) is 28.3 Å². The topological polar surface area (TPSA) is 143 Å². The lowest BCUT2D eigenvalue weighted by atomic mass is 9.69. The number of nitrogen functional groups attached to an aromatic ring is 1. The Kier molecular flexibility index (Phi) is 6.58. The van der Waals surface area contributed by atoms with Crippen LogP contribution in [0.25, 0.3) is 10.1 Å². The smallest absolute Gasteiger partial charge is 0.262 e. The average Bonchev–Trinajstić information content (AvgIpc) is 3.37. The van der Waals surface area contributed by atoms with Gasteiger partial charge in [-0.15, -0.1) is 11.3 Å². The second-order valence-corrected chi connectivity index (χ2v) is 11.3. The predicted molar refractivity (Wildman–Crippen MR) is 152 cm³/mol. The number of carbonyl (C=O) groups is 2. The molecule has 10 heteroatoms. The molecule has 1 fully saturated rings. The highest BCUT2D eigenvalue weighted by atomic mass is 32.1. The van der Waals surface area contributed by atoms with Crippen molar-refractivity contribution < 1.29 is 23.5 Å². The molecule has 0 spiro atoms. The Morgan fingerprint density at radius 1 is 1.15 bits per heavy atom. The minimum atomic E-state index is -1.78. The lowest BCUT2D eigenvalue weighted by Gasteiger charge is -2.37. The molecule has 1 saturated heterocycles. The molecule has 6 rings (SSSR count). The summed E-state index contributed by atoms with van der Waals surface area (Å²) in [5, 5.41) is 3.57. The number of nitrogens with one attached hydrogen (secondary N) is 1. The number of carbonyl (C=O) groups excluding carboxylic acids is 2. The molecule has 40 heavy (non-hydrogen) atoms. The molecular weight excluding hydrogens is 531 g/mol. The number of ether oxygens (including phenoxy) is 2. The molecule has 1 aliphatic heterocycles. The number of Topliss-reactive ketones (excluding diaryl/α,β-unsaturated/α-hetero) is 1. The van der Waals surface area contributed by atoms with Crippen LogP contribution in [0.15, 0.2) is 54.6 Å². The summed E-state index contributed by atoms with van der Waals surface area (Å²) >= 11 is 1.18. The van der Waals surface area contributed by atoms with Crippen LogP contribution in [-0.4, -0.2) is 30.9 Å². The Balaban J connectivity index is 1.47. The van der Waals surface area contributed by atoms with Gasteiger partial charge in [0, 0.05) is 23.2 Å². The van der Waals surface area contributed by atoms with Crippen molar-refractivity contribution in [1.29, 1.82) is 0 Å². The van der Waals surface area contributed by atoms with Crippen molar-refractivity contribution in [2.75, 3.05) is 18.9 Å². The standard InChI is InChI=1S/C30H29FN4O4S/c1-15-18(10-12-21(24(15)31)39-17-7-3-2-4-8-17)30(34)19-9-11-20(32)26-22(19)23(25(33)28(30)36)27(40-26)29(37)35-16-6-5-13-38-14-16/h2-4,7-12,16,25H,5-6,13-14,32-34H2,1H3,(H,35,37). The van der Waals surface area contributed by atoms with E-state index in [1.807, 2.05) is 6.07 Å². The lowest BCUT2D eigenvalue weighted by molar-refractivity contribution is -0.124. The quantitative estimate of drug-likeness (QED) is 0.265. The Morgan fingerprint density at radius 2 is 1.90 bits per heavy atom. The SMILES string of the molecule is Cc1c(C2(N)C(=O)C(N)c3c(C(=O)NC4CCCOC4)sc4c(N)ccc2c34)ccc(Oc2ccccc2)c1F. The first kappa shape index (κ1) is 26.4. The molecule has 7 N–H and O–H groups in total. The van der Waals surface area contributed by atoms with Gasteiger partial charge >= 0.3 is 0 Å². The number of amides is 1. The number of nitrogens with two attached hydrogens (primary N) is 3. The molecule has 3 aromatic carbocycles. The van der Waals surface area contributed by atoms with Crippen molar-refractivity contribution >= 4 is 38.8 Å². The predicted octanol–water partition coefficient (Wildman–Crippen LogP) is 4.42. The molecular formula is C30H29FN4O4S. The number of hydrogen-bond donors (Lipinski definition) is 4. The maximum absolute atomic E-state index is 15.7. The zero-order chi connectivity index (χ0) is 28.2.